The second-order valence-electron chi connectivity index (χ2n) is 3.43. The second-order valence-corrected chi connectivity index (χ2v) is 3.43. The fraction of sp³-hybridized carbons (Fsp3) is 0.364. The molecule has 0 aromatic heterocycles. The Balaban J connectivity index is 2.64. The van der Waals surface area contributed by atoms with E-state index in [1.165, 1.54) is 7.11 Å². The van der Waals surface area contributed by atoms with Gasteiger partial charge in [-0.2, -0.15) is 0 Å². The van der Waals surface area contributed by atoms with Gasteiger partial charge in [0.05, 0.1) is 19.3 Å². The Hall–Kier alpha value is -1.75. The molecule has 0 aliphatic carbocycles. The van der Waals surface area contributed by atoms with Crippen molar-refractivity contribution in [2.75, 3.05) is 13.9 Å². The standard InChI is InChI=1S/C11H12O5/c1-6-3-8-10(16-5-15-8)7(4-12)9(6)11(13)14-2/h3,12H,4-5H2,1-2H3. The molecule has 86 valence electrons. The first kappa shape index (κ1) is 10.8. The molecule has 0 bridgehead atoms. The summed E-state index contributed by atoms with van der Waals surface area (Å²) in [5, 5.41) is 9.31. The van der Waals surface area contributed by atoms with Gasteiger partial charge in [-0.3, -0.25) is 0 Å². The van der Waals surface area contributed by atoms with E-state index in [9.17, 15) is 9.90 Å². The molecule has 1 aliphatic rings. The number of hydrogen-bond acceptors (Lipinski definition) is 5. The molecule has 5 nitrogen and oxygen atoms in total. The second kappa shape index (κ2) is 4.02. The van der Waals surface area contributed by atoms with Crippen molar-refractivity contribution < 1.29 is 24.1 Å². The predicted molar refractivity (Wildman–Crippen MR) is 54.6 cm³/mol. The van der Waals surface area contributed by atoms with E-state index in [4.69, 9.17) is 9.47 Å². The first-order valence-electron chi connectivity index (χ1n) is 4.80. The largest absolute Gasteiger partial charge is 0.465 e. The number of carbonyl (C=O) groups excluding carboxylic acids is 1. The van der Waals surface area contributed by atoms with Crippen molar-refractivity contribution >= 4 is 5.97 Å². The van der Waals surface area contributed by atoms with Crippen LogP contribution in [0, 0.1) is 6.92 Å². The number of benzene rings is 1. The molecule has 0 radical (unpaired) electrons. The topological polar surface area (TPSA) is 65.0 Å². The van der Waals surface area contributed by atoms with Crippen LogP contribution in [0.3, 0.4) is 0 Å². The van der Waals surface area contributed by atoms with E-state index >= 15 is 0 Å². The zero-order valence-electron chi connectivity index (χ0n) is 9.07. The maximum Gasteiger partial charge on any atom is 0.338 e. The van der Waals surface area contributed by atoms with Crippen LogP contribution in [0.4, 0.5) is 0 Å². The van der Waals surface area contributed by atoms with Gasteiger partial charge >= 0.3 is 5.97 Å². The summed E-state index contributed by atoms with van der Waals surface area (Å²) < 4.78 is 15.1. The molecule has 5 heteroatoms. The van der Waals surface area contributed by atoms with Gasteiger partial charge in [0.25, 0.3) is 0 Å². The van der Waals surface area contributed by atoms with Crippen molar-refractivity contribution in [3.05, 3.63) is 22.8 Å². The molecule has 1 aromatic rings. The Labute approximate surface area is 92.5 Å². The molecule has 2 rings (SSSR count). The van der Waals surface area contributed by atoms with Gasteiger partial charge in [0.15, 0.2) is 11.5 Å². The Morgan fingerprint density at radius 3 is 2.94 bits per heavy atom. The predicted octanol–water partition coefficient (Wildman–Crippen LogP) is 1.00. The highest BCUT2D eigenvalue weighted by Crippen LogP contribution is 2.39. The third kappa shape index (κ3) is 1.49. The lowest BCUT2D eigenvalue weighted by Gasteiger charge is -2.11. The van der Waals surface area contributed by atoms with Crippen molar-refractivity contribution in [3.63, 3.8) is 0 Å². The molecule has 0 fully saturated rings. The molecule has 1 aliphatic heterocycles. The number of aliphatic hydroxyl groups is 1. The van der Waals surface area contributed by atoms with Crippen LogP contribution in [0.15, 0.2) is 6.07 Å². The minimum Gasteiger partial charge on any atom is -0.465 e. The van der Waals surface area contributed by atoms with Gasteiger partial charge in [-0.1, -0.05) is 0 Å². The molecule has 0 unspecified atom stereocenters. The smallest absolute Gasteiger partial charge is 0.338 e. The highest BCUT2D eigenvalue weighted by molar-refractivity contribution is 5.94. The van der Waals surface area contributed by atoms with Crippen molar-refractivity contribution in [1.82, 2.24) is 0 Å². The third-order valence-corrected chi connectivity index (χ3v) is 2.51. The monoisotopic (exact) mass is 224 g/mol. The molecular formula is C11H12O5. The highest BCUT2D eigenvalue weighted by Gasteiger charge is 2.26. The summed E-state index contributed by atoms with van der Waals surface area (Å²) in [4.78, 5) is 11.6. The Kier molecular flexibility index (Phi) is 2.70. The van der Waals surface area contributed by atoms with E-state index < -0.39 is 5.97 Å². The van der Waals surface area contributed by atoms with Crippen LogP contribution >= 0.6 is 0 Å². The molecule has 1 N–H and O–H groups in total. The van der Waals surface area contributed by atoms with E-state index in [0.29, 0.717) is 28.2 Å². The molecule has 1 heterocycles. The number of carbonyl (C=O) groups is 1. The van der Waals surface area contributed by atoms with Crippen LogP contribution in [-0.2, 0) is 11.3 Å². The van der Waals surface area contributed by atoms with E-state index in [1.54, 1.807) is 13.0 Å². The SMILES string of the molecule is COC(=O)c1c(C)cc2c(c1CO)OCO2. The Morgan fingerprint density at radius 2 is 2.31 bits per heavy atom. The van der Waals surface area contributed by atoms with E-state index in [-0.39, 0.29) is 13.4 Å². The van der Waals surface area contributed by atoms with E-state index in [2.05, 4.69) is 4.74 Å². The van der Waals surface area contributed by atoms with Crippen LogP contribution in [-0.4, -0.2) is 25.0 Å². The first-order valence-corrected chi connectivity index (χ1v) is 4.80. The fourth-order valence-electron chi connectivity index (χ4n) is 1.79. The van der Waals surface area contributed by atoms with Gasteiger partial charge in [0, 0.05) is 5.56 Å². The summed E-state index contributed by atoms with van der Waals surface area (Å²) in [5.41, 5.74) is 1.45. The molecule has 0 saturated carbocycles. The summed E-state index contributed by atoms with van der Waals surface area (Å²) in [6, 6.07) is 1.70. The van der Waals surface area contributed by atoms with Crippen LogP contribution in [0.25, 0.3) is 0 Å². The lowest BCUT2D eigenvalue weighted by atomic mass is 10.0. The number of methoxy groups -OCH3 is 1. The van der Waals surface area contributed by atoms with Crippen LogP contribution in [0.1, 0.15) is 21.5 Å². The molecule has 1 aromatic carbocycles. The average molecular weight is 224 g/mol. The quantitative estimate of drug-likeness (QED) is 0.759. The lowest BCUT2D eigenvalue weighted by Crippen LogP contribution is -2.09. The molecular weight excluding hydrogens is 212 g/mol. The average Bonchev–Trinajstić information content (AvgIpc) is 2.73. The third-order valence-electron chi connectivity index (χ3n) is 2.51. The molecule has 0 saturated heterocycles. The number of aliphatic hydroxyl groups excluding tert-OH is 1. The van der Waals surface area contributed by atoms with E-state index in [1.807, 2.05) is 0 Å². The number of rotatable bonds is 2. The van der Waals surface area contributed by atoms with Gasteiger partial charge < -0.3 is 19.3 Å². The van der Waals surface area contributed by atoms with Crippen LogP contribution in [0.5, 0.6) is 11.5 Å². The summed E-state index contributed by atoms with van der Waals surface area (Å²) in [6.07, 6.45) is 0. The van der Waals surface area contributed by atoms with Gasteiger partial charge in [0.2, 0.25) is 6.79 Å². The molecule has 0 atom stereocenters. The molecule has 0 amide bonds. The Bertz CT molecular complexity index is 438. The van der Waals surface area contributed by atoms with Crippen molar-refractivity contribution in [2.45, 2.75) is 13.5 Å². The van der Waals surface area contributed by atoms with Gasteiger partial charge in [-0.25, -0.2) is 4.79 Å². The fourth-order valence-corrected chi connectivity index (χ4v) is 1.79. The van der Waals surface area contributed by atoms with Crippen LogP contribution in [0.2, 0.25) is 0 Å². The lowest BCUT2D eigenvalue weighted by molar-refractivity contribution is 0.0595. The maximum absolute atomic E-state index is 11.6. The zero-order valence-corrected chi connectivity index (χ0v) is 9.07. The zero-order chi connectivity index (χ0) is 11.7. The highest BCUT2D eigenvalue weighted by atomic mass is 16.7. The molecule has 0 spiro atoms. The summed E-state index contributed by atoms with van der Waals surface area (Å²) >= 11 is 0. The van der Waals surface area contributed by atoms with Crippen molar-refractivity contribution in [1.29, 1.82) is 0 Å². The molecule has 16 heavy (non-hydrogen) atoms. The summed E-state index contributed by atoms with van der Waals surface area (Å²) in [5.74, 6) is 0.488. The minimum absolute atomic E-state index is 0.104. The van der Waals surface area contributed by atoms with E-state index in [0.717, 1.165) is 0 Å². The van der Waals surface area contributed by atoms with Crippen LogP contribution < -0.4 is 9.47 Å². The van der Waals surface area contributed by atoms with Crippen molar-refractivity contribution in [3.8, 4) is 11.5 Å². The van der Waals surface area contributed by atoms with Crippen molar-refractivity contribution in [2.24, 2.45) is 0 Å². The van der Waals surface area contributed by atoms with Gasteiger partial charge in [-0.15, -0.1) is 0 Å². The van der Waals surface area contributed by atoms with Gasteiger partial charge in [-0.05, 0) is 18.6 Å². The number of aryl methyl sites for hydroxylation is 1. The number of fused-ring (bicyclic) bond motifs is 1. The minimum atomic E-state index is -0.486. The summed E-state index contributed by atoms with van der Waals surface area (Å²) in [6.45, 7) is 1.57. The Morgan fingerprint density at radius 1 is 1.56 bits per heavy atom. The first-order chi connectivity index (χ1) is 7.69. The number of esters is 1. The summed E-state index contributed by atoms with van der Waals surface area (Å²) in [7, 11) is 1.30. The maximum atomic E-state index is 11.6. The number of ether oxygens (including phenoxy) is 3. The normalized spacial score (nSPS) is 12.7. The van der Waals surface area contributed by atoms with Gasteiger partial charge in [0.1, 0.15) is 0 Å². The number of hydrogen-bond donors (Lipinski definition) is 1.